The number of rotatable bonds is 1. The van der Waals surface area contributed by atoms with Crippen LogP contribution < -0.4 is 0 Å². The van der Waals surface area contributed by atoms with Gasteiger partial charge in [-0.1, -0.05) is 24.3 Å². The molecule has 6 atom stereocenters. The first-order valence-electron chi connectivity index (χ1n) is 8.85. The smallest absolute Gasteiger partial charge is 0.0968 e. The minimum atomic E-state index is 0.0347. The van der Waals surface area contributed by atoms with Gasteiger partial charge in [0, 0.05) is 23.9 Å². The van der Waals surface area contributed by atoms with Gasteiger partial charge in [0.2, 0.25) is 0 Å². The van der Waals surface area contributed by atoms with Crippen molar-refractivity contribution in [2.45, 2.75) is 30.4 Å². The van der Waals surface area contributed by atoms with Crippen LogP contribution in [0, 0.1) is 17.3 Å². The molecule has 0 radical (unpaired) electrons. The predicted molar refractivity (Wildman–Crippen MR) is 90.2 cm³/mol. The van der Waals surface area contributed by atoms with Crippen LogP contribution in [0.25, 0.3) is 0 Å². The zero-order valence-electron chi connectivity index (χ0n) is 13.5. The maximum Gasteiger partial charge on any atom is 0.0968 e. The van der Waals surface area contributed by atoms with Gasteiger partial charge in [0.1, 0.15) is 0 Å². The van der Waals surface area contributed by atoms with Crippen molar-refractivity contribution in [2.24, 2.45) is 22.2 Å². The molecule has 4 heterocycles. The number of para-hydroxylation sites is 1. The first-order chi connectivity index (χ1) is 11.2. The van der Waals surface area contributed by atoms with E-state index in [1.165, 1.54) is 23.4 Å². The van der Waals surface area contributed by atoms with Gasteiger partial charge < -0.3 is 9.64 Å². The van der Waals surface area contributed by atoms with Gasteiger partial charge in [-0.2, -0.15) is 0 Å². The summed E-state index contributed by atoms with van der Waals surface area (Å²) < 4.78 is 6.32. The molecular weight excluding hydrogens is 284 g/mol. The van der Waals surface area contributed by atoms with E-state index in [9.17, 15) is 0 Å². The topological polar surface area (TPSA) is 24.8 Å². The van der Waals surface area contributed by atoms with Gasteiger partial charge in [-0.15, -0.1) is 6.58 Å². The third-order valence-corrected chi connectivity index (χ3v) is 7.73. The number of piperidine rings is 2. The Morgan fingerprint density at radius 3 is 3.13 bits per heavy atom. The molecule has 1 aromatic carbocycles. The van der Waals surface area contributed by atoms with Crippen LogP contribution >= 0.6 is 0 Å². The maximum atomic E-state index is 6.32. The van der Waals surface area contributed by atoms with Crippen molar-refractivity contribution in [3.8, 4) is 0 Å². The monoisotopic (exact) mass is 306 g/mol. The minimum absolute atomic E-state index is 0.0347. The summed E-state index contributed by atoms with van der Waals surface area (Å²) in [5, 5.41) is 0. The molecule has 5 bridgehead atoms. The molecule has 1 spiro atoms. The molecule has 3 saturated heterocycles. The quantitative estimate of drug-likeness (QED) is 0.745. The van der Waals surface area contributed by atoms with E-state index in [0.29, 0.717) is 17.9 Å². The third kappa shape index (κ3) is 1.15. The fourth-order valence-electron chi connectivity index (χ4n) is 6.95. The van der Waals surface area contributed by atoms with Crippen LogP contribution in [0.3, 0.4) is 0 Å². The molecule has 2 saturated carbocycles. The van der Waals surface area contributed by atoms with E-state index >= 15 is 0 Å². The SMILES string of the molecule is C=C[C@@]12CN(C)[C@H]3C[C@@]14C(=Nc1ccccc14)[C@H]1C[C@@H]2[C@H]3CO1. The van der Waals surface area contributed by atoms with Crippen molar-refractivity contribution >= 4 is 11.4 Å². The van der Waals surface area contributed by atoms with Crippen LogP contribution in [0.4, 0.5) is 5.69 Å². The van der Waals surface area contributed by atoms with Crippen molar-refractivity contribution in [3.63, 3.8) is 0 Å². The molecule has 4 aliphatic heterocycles. The zero-order chi connectivity index (χ0) is 15.4. The van der Waals surface area contributed by atoms with Crippen LogP contribution in [0.15, 0.2) is 41.9 Å². The fourth-order valence-corrected chi connectivity index (χ4v) is 6.95. The Labute approximate surface area is 137 Å². The summed E-state index contributed by atoms with van der Waals surface area (Å²) in [4.78, 5) is 7.70. The lowest BCUT2D eigenvalue weighted by atomic mass is 9.38. The molecule has 0 amide bonds. The van der Waals surface area contributed by atoms with Crippen LogP contribution in [0.1, 0.15) is 18.4 Å². The average Bonchev–Trinajstić information content (AvgIpc) is 2.90. The van der Waals surface area contributed by atoms with Crippen LogP contribution in [0.2, 0.25) is 0 Å². The van der Waals surface area contributed by atoms with E-state index in [2.05, 4.69) is 48.9 Å². The summed E-state index contributed by atoms with van der Waals surface area (Å²) in [6.07, 6.45) is 4.85. The molecule has 5 fully saturated rings. The van der Waals surface area contributed by atoms with E-state index < -0.39 is 0 Å². The molecule has 3 heteroatoms. The van der Waals surface area contributed by atoms with Gasteiger partial charge in [0.25, 0.3) is 0 Å². The highest BCUT2D eigenvalue weighted by atomic mass is 16.5. The summed E-state index contributed by atoms with van der Waals surface area (Å²) in [5.41, 5.74) is 4.07. The number of fused-ring (bicyclic) bond motifs is 4. The highest BCUT2D eigenvalue weighted by Gasteiger charge is 2.74. The van der Waals surface area contributed by atoms with E-state index in [1.807, 2.05) is 0 Å². The van der Waals surface area contributed by atoms with Gasteiger partial charge in [-0.3, -0.25) is 4.99 Å². The van der Waals surface area contributed by atoms with E-state index in [0.717, 1.165) is 19.6 Å². The highest BCUT2D eigenvalue weighted by molar-refractivity contribution is 6.07. The standard InChI is InChI=1S/C20H22N2O/c1-3-19-11-22(2)16-9-20(19)13-6-4-5-7-15(13)21-18(20)17-8-14(19)12(16)10-23-17/h3-7,12,14,16-17H,1,8-11H2,2H3/t12-,14-,16+,17-,19+,20-/m1/s1. The summed E-state index contributed by atoms with van der Waals surface area (Å²) in [6, 6.07) is 9.39. The highest BCUT2D eigenvalue weighted by Crippen LogP contribution is 2.70. The first kappa shape index (κ1) is 12.9. The van der Waals surface area contributed by atoms with Crippen LogP contribution in [0.5, 0.6) is 0 Å². The second kappa shape index (κ2) is 3.79. The maximum absolute atomic E-state index is 6.32. The molecule has 1 aromatic rings. The van der Waals surface area contributed by atoms with Crippen molar-refractivity contribution in [3.05, 3.63) is 42.5 Å². The van der Waals surface area contributed by atoms with Gasteiger partial charge in [-0.05, 0) is 37.4 Å². The van der Waals surface area contributed by atoms with Crippen LogP contribution in [-0.2, 0) is 10.2 Å². The molecule has 3 nitrogen and oxygen atoms in total. The van der Waals surface area contributed by atoms with E-state index in [1.54, 1.807) is 0 Å². The van der Waals surface area contributed by atoms with Gasteiger partial charge >= 0.3 is 0 Å². The van der Waals surface area contributed by atoms with E-state index in [-0.39, 0.29) is 16.9 Å². The normalized spacial score (nSPS) is 48.8. The number of aliphatic imine (C=N–C) groups is 1. The fraction of sp³-hybridized carbons (Fsp3) is 0.550. The largest absolute Gasteiger partial charge is 0.372 e. The molecule has 23 heavy (non-hydrogen) atoms. The number of hydrogen-bond donors (Lipinski definition) is 0. The summed E-state index contributed by atoms with van der Waals surface area (Å²) in [6.45, 7) is 6.37. The molecule has 0 aromatic heterocycles. The lowest BCUT2D eigenvalue weighted by Crippen LogP contribution is -2.78. The molecule has 118 valence electrons. The van der Waals surface area contributed by atoms with Crippen molar-refractivity contribution < 1.29 is 4.74 Å². The lowest BCUT2D eigenvalue weighted by molar-refractivity contribution is -0.190. The summed E-state index contributed by atoms with van der Waals surface area (Å²) in [7, 11) is 2.29. The van der Waals surface area contributed by atoms with E-state index in [4.69, 9.17) is 9.73 Å². The zero-order valence-corrected chi connectivity index (χ0v) is 13.5. The van der Waals surface area contributed by atoms with Crippen molar-refractivity contribution in [2.75, 3.05) is 20.2 Å². The molecular formula is C20H22N2O. The Morgan fingerprint density at radius 1 is 1.39 bits per heavy atom. The predicted octanol–water partition coefficient (Wildman–Crippen LogP) is 2.94. The first-order valence-corrected chi connectivity index (χ1v) is 8.85. The Morgan fingerprint density at radius 2 is 2.26 bits per heavy atom. The van der Waals surface area contributed by atoms with Crippen LogP contribution in [-0.4, -0.2) is 43.0 Å². The molecule has 7 rings (SSSR count). The second-order valence-corrected chi connectivity index (χ2v) is 8.18. The van der Waals surface area contributed by atoms with Crippen molar-refractivity contribution in [1.29, 1.82) is 0 Å². The lowest BCUT2D eigenvalue weighted by Gasteiger charge is -2.72. The van der Waals surface area contributed by atoms with Crippen molar-refractivity contribution in [1.82, 2.24) is 4.90 Å². The Hall–Kier alpha value is -1.45. The van der Waals surface area contributed by atoms with Gasteiger partial charge in [0.15, 0.2) is 0 Å². The summed E-state index contributed by atoms with van der Waals surface area (Å²) >= 11 is 0. The number of hydrogen-bond acceptors (Lipinski definition) is 3. The minimum Gasteiger partial charge on any atom is -0.372 e. The third-order valence-electron chi connectivity index (χ3n) is 7.73. The average molecular weight is 306 g/mol. The van der Waals surface area contributed by atoms with Gasteiger partial charge in [-0.25, -0.2) is 0 Å². The Balaban J connectivity index is 1.72. The Bertz CT molecular complexity index is 771. The number of ether oxygens (including phenoxy) is 1. The summed E-state index contributed by atoms with van der Waals surface area (Å²) in [5.74, 6) is 1.35. The molecule has 0 N–H and O–H groups in total. The Kier molecular flexibility index (Phi) is 2.12. The number of benzene rings is 1. The molecule has 6 aliphatic rings. The number of nitrogens with zero attached hydrogens (tertiary/aromatic N) is 2. The molecule has 2 aliphatic carbocycles. The van der Waals surface area contributed by atoms with Gasteiger partial charge in [0.05, 0.1) is 29.5 Å². The second-order valence-electron chi connectivity index (χ2n) is 8.18. The molecule has 0 unspecified atom stereocenters.